The minimum absolute atomic E-state index is 0.0297. The van der Waals surface area contributed by atoms with E-state index in [-0.39, 0.29) is 37.2 Å². The molecule has 0 saturated carbocycles. The van der Waals surface area contributed by atoms with Crippen molar-refractivity contribution >= 4 is 11.9 Å². The van der Waals surface area contributed by atoms with Gasteiger partial charge in [0.1, 0.15) is 0 Å². The molecule has 6 heteroatoms. The van der Waals surface area contributed by atoms with Gasteiger partial charge in [0, 0.05) is 38.3 Å². The number of carbonyl (C=O) groups is 2. The van der Waals surface area contributed by atoms with Gasteiger partial charge in [0.25, 0.3) is 0 Å². The highest BCUT2D eigenvalue weighted by Gasteiger charge is 2.42. The Balaban J connectivity index is 2.07. The Morgan fingerprint density at radius 3 is 2.38 bits per heavy atom. The van der Waals surface area contributed by atoms with Gasteiger partial charge in [-0.05, 0) is 30.5 Å². The van der Waals surface area contributed by atoms with Crippen molar-refractivity contribution in [3.05, 3.63) is 30.1 Å². The van der Waals surface area contributed by atoms with E-state index in [0.29, 0.717) is 13.1 Å². The number of nitrogens with zero attached hydrogens (tertiary/aromatic N) is 2. The van der Waals surface area contributed by atoms with Crippen LogP contribution in [-0.4, -0.2) is 52.2 Å². The monoisotopic (exact) mass is 334 g/mol. The van der Waals surface area contributed by atoms with E-state index in [4.69, 9.17) is 4.74 Å². The fourth-order valence-corrected chi connectivity index (χ4v) is 3.15. The second-order valence-corrected chi connectivity index (χ2v) is 6.58. The molecule has 1 aliphatic rings. The van der Waals surface area contributed by atoms with Crippen molar-refractivity contribution in [3.8, 4) is 0 Å². The van der Waals surface area contributed by atoms with Crippen molar-refractivity contribution in [1.82, 2.24) is 9.88 Å². The number of rotatable bonds is 5. The molecule has 2 rings (SSSR count). The van der Waals surface area contributed by atoms with Crippen molar-refractivity contribution in [2.75, 3.05) is 19.7 Å². The molecule has 2 heterocycles. The van der Waals surface area contributed by atoms with E-state index in [1.807, 2.05) is 26.0 Å². The van der Waals surface area contributed by atoms with Crippen LogP contribution in [0.5, 0.6) is 0 Å². The standard InChI is InChI=1S/C18H26N2O4/c1-4-24-17(22)18(23)7-11-20(12-8-18)16(21)15(13(2)3)14-5-9-19-10-6-14/h5-6,9-10,13,15,23H,4,7-8,11-12H2,1-3H3/t15-/m0/s1. The summed E-state index contributed by atoms with van der Waals surface area (Å²) in [5.41, 5.74) is -0.534. The minimum atomic E-state index is -1.48. The highest BCUT2D eigenvalue weighted by molar-refractivity contribution is 5.85. The molecule has 1 atom stereocenters. The Morgan fingerprint density at radius 1 is 1.29 bits per heavy atom. The Kier molecular flexibility index (Phi) is 5.94. The molecule has 24 heavy (non-hydrogen) atoms. The first-order valence-corrected chi connectivity index (χ1v) is 8.47. The van der Waals surface area contributed by atoms with Crippen LogP contribution < -0.4 is 0 Å². The molecule has 1 N–H and O–H groups in total. The first-order chi connectivity index (χ1) is 11.4. The number of amides is 1. The number of likely N-dealkylation sites (tertiary alicyclic amines) is 1. The first kappa shape index (κ1) is 18.4. The maximum absolute atomic E-state index is 13.0. The average Bonchev–Trinajstić information content (AvgIpc) is 2.56. The topological polar surface area (TPSA) is 79.7 Å². The van der Waals surface area contributed by atoms with Gasteiger partial charge in [-0.2, -0.15) is 0 Å². The number of carbonyl (C=O) groups excluding carboxylic acids is 2. The average molecular weight is 334 g/mol. The van der Waals surface area contributed by atoms with E-state index in [2.05, 4.69) is 4.98 Å². The molecule has 1 saturated heterocycles. The first-order valence-electron chi connectivity index (χ1n) is 8.47. The van der Waals surface area contributed by atoms with Gasteiger partial charge in [-0.1, -0.05) is 13.8 Å². The van der Waals surface area contributed by atoms with Crippen LogP contribution in [-0.2, 0) is 14.3 Å². The van der Waals surface area contributed by atoms with Crippen molar-refractivity contribution in [1.29, 1.82) is 0 Å². The maximum atomic E-state index is 13.0. The molecule has 6 nitrogen and oxygen atoms in total. The van der Waals surface area contributed by atoms with E-state index in [0.717, 1.165) is 5.56 Å². The molecule has 132 valence electrons. The fraction of sp³-hybridized carbons (Fsp3) is 0.611. The van der Waals surface area contributed by atoms with Gasteiger partial charge in [-0.3, -0.25) is 9.78 Å². The third kappa shape index (κ3) is 3.93. The van der Waals surface area contributed by atoms with Gasteiger partial charge in [-0.25, -0.2) is 4.79 Å². The smallest absolute Gasteiger partial charge is 0.338 e. The Labute approximate surface area is 142 Å². The quantitative estimate of drug-likeness (QED) is 0.830. The number of ether oxygens (including phenoxy) is 1. The molecular weight excluding hydrogens is 308 g/mol. The SMILES string of the molecule is CCOC(=O)C1(O)CCN(C(=O)[C@H](c2ccncc2)C(C)C)CC1. The lowest BCUT2D eigenvalue weighted by atomic mass is 9.85. The van der Waals surface area contributed by atoms with Crippen LogP contribution in [0.3, 0.4) is 0 Å². The van der Waals surface area contributed by atoms with Crippen molar-refractivity contribution < 1.29 is 19.4 Å². The number of hydrogen-bond donors (Lipinski definition) is 1. The van der Waals surface area contributed by atoms with E-state index in [1.54, 1.807) is 24.2 Å². The number of esters is 1. The summed E-state index contributed by atoms with van der Waals surface area (Å²) in [5.74, 6) is -0.665. The van der Waals surface area contributed by atoms with Crippen LogP contribution in [0.25, 0.3) is 0 Å². The summed E-state index contributed by atoms with van der Waals surface area (Å²) in [6.45, 7) is 6.68. The lowest BCUT2D eigenvalue weighted by Crippen LogP contribution is -2.52. The summed E-state index contributed by atoms with van der Waals surface area (Å²) >= 11 is 0. The van der Waals surface area contributed by atoms with Crippen LogP contribution in [0.4, 0.5) is 0 Å². The van der Waals surface area contributed by atoms with Crippen LogP contribution in [0, 0.1) is 5.92 Å². The summed E-state index contributed by atoms with van der Waals surface area (Å²) < 4.78 is 4.94. The molecule has 1 fully saturated rings. The highest BCUT2D eigenvalue weighted by Crippen LogP contribution is 2.30. The summed E-state index contributed by atoms with van der Waals surface area (Å²) in [4.78, 5) is 30.6. The molecule has 0 bridgehead atoms. The van der Waals surface area contributed by atoms with Gasteiger partial charge in [-0.15, -0.1) is 0 Å². The molecule has 0 aliphatic carbocycles. The van der Waals surface area contributed by atoms with E-state index in [1.165, 1.54) is 0 Å². The van der Waals surface area contributed by atoms with Crippen molar-refractivity contribution in [3.63, 3.8) is 0 Å². The van der Waals surface area contributed by atoms with Crippen molar-refractivity contribution in [2.24, 2.45) is 5.92 Å². The molecule has 0 unspecified atom stereocenters. The van der Waals surface area contributed by atoms with Gasteiger partial charge in [0.05, 0.1) is 12.5 Å². The summed E-state index contributed by atoms with van der Waals surface area (Å²) in [7, 11) is 0. The number of piperidine rings is 1. The number of aliphatic hydroxyl groups is 1. The van der Waals surface area contributed by atoms with Crippen LogP contribution in [0.2, 0.25) is 0 Å². The summed E-state index contributed by atoms with van der Waals surface area (Å²) in [5, 5.41) is 10.4. The maximum Gasteiger partial charge on any atom is 0.338 e. The zero-order valence-corrected chi connectivity index (χ0v) is 14.6. The van der Waals surface area contributed by atoms with Crippen molar-refractivity contribution in [2.45, 2.75) is 45.1 Å². The van der Waals surface area contributed by atoms with Crippen LogP contribution in [0.1, 0.15) is 45.1 Å². The molecule has 1 aliphatic heterocycles. The summed E-state index contributed by atoms with van der Waals surface area (Å²) in [6, 6.07) is 3.73. The Bertz CT molecular complexity index is 566. The number of pyridine rings is 1. The molecule has 0 spiro atoms. The normalized spacial score (nSPS) is 18.3. The minimum Gasteiger partial charge on any atom is -0.464 e. The second-order valence-electron chi connectivity index (χ2n) is 6.58. The highest BCUT2D eigenvalue weighted by atomic mass is 16.5. The van der Waals surface area contributed by atoms with Gasteiger partial charge >= 0.3 is 5.97 Å². The van der Waals surface area contributed by atoms with Gasteiger partial charge < -0.3 is 14.7 Å². The summed E-state index contributed by atoms with van der Waals surface area (Å²) in [6.07, 6.45) is 3.79. The van der Waals surface area contributed by atoms with E-state index in [9.17, 15) is 14.7 Å². The van der Waals surface area contributed by atoms with Crippen LogP contribution >= 0.6 is 0 Å². The third-order valence-corrected chi connectivity index (χ3v) is 4.56. The molecule has 0 aromatic carbocycles. The fourth-order valence-electron chi connectivity index (χ4n) is 3.15. The molecule has 1 amide bonds. The van der Waals surface area contributed by atoms with Crippen LogP contribution in [0.15, 0.2) is 24.5 Å². The number of hydrogen-bond acceptors (Lipinski definition) is 5. The molecule has 1 aromatic rings. The zero-order valence-electron chi connectivity index (χ0n) is 14.6. The third-order valence-electron chi connectivity index (χ3n) is 4.56. The molecule has 1 aromatic heterocycles. The number of aromatic nitrogens is 1. The predicted octanol–water partition coefficient (Wildman–Crippen LogP) is 1.74. The zero-order chi connectivity index (χ0) is 17.7. The lowest BCUT2D eigenvalue weighted by molar-refractivity contribution is -0.171. The Hall–Kier alpha value is -1.95. The predicted molar refractivity (Wildman–Crippen MR) is 89.2 cm³/mol. The largest absolute Gasteiger partial charge is 0.464 e. The second kappa shape index (κ2) is 7.75. The van der Waals surface area contributed by atoms with E-state index >= 15 is 0 Å². The Morgan fingerprint density at radius 2 is 1.88 bits per heavy atom. The lowest BCUT2D eigenvalue weighted by Gasteiger charge is -2.38. The van der Waals surface area contributed by atoms with Gasteiger partial charge in [0.15, 0.2) is 5.60 Å². The van der Waals surface area contributed by atoms with Gasteiger partial charge in [0.2, 0.25) is 5.91 Å². The van der Waals surface area contributed by atoms with E-state index < -0.39 is 11.6 Å². The molecule has 0 radical (unpaired) electrons. The molecular formula is C18H26N2O4.